The lowest BCUT2D eigenvalue weighted by Crippen LogP contribution is -2.37. The fraction of sp³-hybridized carbons (Fsp3) is 0.294. The Morgan fingerprint density at radius 3 is 2.38 bits per heavy atom. The molecule has 2 aromatic rings. The normalized spacial score (nSPS) is 12.2. The van der Waals surface area contributed by atoms with E-state index in [1.54, 1.807) is 6.07 Å². The van der Waals surface area contributed by atoms with Crippen molar-refractivity contribution < 1.29 is 13.9 Å². The third-order valence-electron chi connectivity index (χ3n) is 3.58. The Hall–Kier alpha value is -1.94. The van der Waals surface area contributed by atoms with Gasteiger partial charge in [-0.15, -0.1) is 0 Å². The Balaban J connectivity index is 2.34. The highest BCUT2D eigenvalue weighted by molar-refractivity contribution is 5.48. The molecular weight excluding hydrogens is 272 g/mol. The molecule has 0 aromatic heterocycles. The largest absolute Gasteiger partial charge is 0.394 e. The van der Waals surface area contributed by atoms with Gasteiger partial charge in [0.25, 0.3) is 0 Å². The van der Waals surface area contributed by atoms with E-state index in [9.17, 15) is 13.9 Å². The second kappa shape index (κ2) is 7.18. The lowest BCUT2D eigenvalue weighted by atomic mass is 10.1. The van der Waals surface area contributed by atoms with Gasteiger partial charge in [0.15, 0.2) is 11.6 Å². The van der Waals surface area contributed by atoms with E-state index in [-0.39, 0.29) is 24.8 Å². The zero-order chi connectivity index (χ0) is 15.2. The van der Waals surface area contributed by atoms with Crippen LogP contribution < -0.4 is 4.90 Å². The summed E-state index contributed by atoms with van der Waals surface area (Å²) in [5, 5.41) is 9.55. The first kappa shape index (κ1) is 15.4. The van der Waals surface area contributed by atoms with Crippen LogP contribution in [0.1, 0.15) is 18.9 Å². The highest BCUT2D eigenvalue weighted by Crippen LogP contribution is 2.23. The molecule has 0 heterocycles. The van der Waals surface area contributed by atoms with Crippen molar-refractivity contribution in [2.45, 2.75) is 25.9 Å². The van der Waals surface area contributed by atoms with E-state index in [1.165, 1.54) is 6.07 Å². The number of nitrogens with zero attached hydrogens (tertiary/aromatic N) is 1. The van der Waals surface area contributed by atoms with Crippen molar-refractivity contribution in [3.05, 3.63) is 65.7 Å². The molecule has 0 amide bonds. The number of halogens is 2. The van der Waals surface area contributed by atoms with Crippen molar-refractivity contribution in [2.24, 2.45) is 0 Å². The van der Waals surface area contributed by atoms with Crippen LogP contribution in [-0.4, -0.2) is 17.8 Å². The molecule has 1 unspecified atom stereocenters. The van der Waals surface area contributed by atoms with Gasteiger partial charge >= 0.3 is 0 Å². The minimum atomic E-state index is -0.849. The van der Waals surface area contributed by atoms with Crippen molar-refractivity contribution in [3.63, 3.8) is 0 Å². The van der Waals surface area contributed by atoms with E-state index in [4.69, 9.17) is 0 Å². The third-order valence-corrected chi connectivity index (χ3v) is 3.58. The number of anilines is 1. The summed E-state index contributed by atoms with van der Waals surface area (Å²) in [6.07, 6.45) is 0.711. The van der Waals surface area contributed by atoms with E-state index in [1.807, 2.05) is 42.2 Å². The summed E-state index contributed by atoms with van der Waals surface area (Å²) in [5.74, 6) is -1.68. The summed E-state index contributed by atoms with van der Waals surface area (Å²) < 4.78 is 27.2. The smallest absolute Gasteiger partial charge is 0.163 e. The molecule has 0 saturated heterocycles. The van der Waals surface area contributed by atoms with Gasteiger partial charge in [-0.1, -0.05) is 37.3 Å². The molecule has 0 aliphatic carbocycles. The summed E-state index contributed by atoms with van der Waals surface area (Å²) in [6, 6.07) is 13.5. The maximum absolute atomic E-state index is 13.9. The maximum Gasteiger partial charge on any atom is 0.163 e. The van der Waals surface area contributed by atoms with Crippen LogP contribution in [0.15, 0.2) is 48.5 Å². The molecule has 0 saturated carbocycles. The lowest BCUT2D eigenvalue weighted by molar-refractivity contribution is 0.254. The molecule has 2 aromatic carbocycles. The third kappa shape index (κ3) is 3.58. The number of aliphatic hydroxyl groups is 1. The SMILES string of the molecule is CCC(CO)N(Cc1cccc(F)c1F)c1ccccc1. The van der Waals surface area contributed by atoms with E-state index >= 15 is 0 Å². The Morgan fingerprint density at radius 1 is 1.05 bits per heavy atom. The van der Waals surface area contributed by atoms with Gasteiger partial charge in [0.1, 0.15) is 0 Å². The average molecular weight is 291 g/mol. The summed E-state index contributed by atoms with van der Waals surface area (Å²) in [5.41, 5.74) is 1.16. The number of benzene rings is 2. The Kier molecular flexibility index (Phi) is 5.28. The van der Waals surface area contributed by atoms with Crippen molar-refractivity contribution in [1.29, 1.82) is 0 Å². The monoisotopic (exact) mass is 291 g/mol. The van der Waals surface area contributed by atoms with Crippen LogP contribution in [-0.2, 0) is 6.54 Å². The van der Waals surface area contributed by atoms with Crippen LogP contribution in [0.5, 0.6) is 0 Å². The molecule has 0 bridgehead atoms. The van der Waals surface area contributed by atoms with Crippen LogP contribution in [0.4, 0.5) is 14.5 Å². The van der Waals surface area contributed by atoms with Gasteiger partial charge in [-0.05, 0) is 24.6 Å². The number of aliphatic hydroxyl groups excluding tert-OH is 1. The lowest BCUT2D eigenvalue weighted by Gasteiger charge is -2.32. The van der Waals surface area contributed by atoms with Crippen LogP contribution in [0.25, 0.3) is 0 Å². The number of para-hydroxylation sites is 1. The van der Waals surface area contributed by atoms with Crippen LogP contribution in [0, 0.1) is 11.6 Å². The Bertz CT molecular complexity index is 570. The van der Waals surface area contributed by atoms with Gasteiger partial charge in [0.2, 0.25) is 0 Å². The predicted molar refractivity (Wildman–Crippen MR) is 80.1 cm³/mol. The summed E-state index contributed by atoms with van der Waals surface area (Å²) in [4.78, 5) is 1.90. The van der Waals surface area contributed by atoms with Crippen molar-refractivity contribution in [3.8, 4) is 0 Å². The second-order valence-corrected chi connectivity index (χ2v) is 4.92. The number of hydrogen-bond acceptors (Lipinski definition) is 2. The molecule has 2 nitrogen and oxygen atoms in total. The van der Waals surface area contributed by atoms with Gasteiger partial charge in [0, 0.05) is 17.8 Å². The molecule has 112 valence electrons. The molecular formula is C17H19F2NO. The molecule has 21 heavy (non-hydrogen) atoms. The Morgan fingerprint density at radius 2 is 1.76 bits per heavy atom. The van der Waals surface area contributed by atoms with E-state index in [0.717, 1.165) is 11.8 Å². The van der Waals surface area contributed by atoms with E-state index in [2.05, 4.69) is 0 Å². The van der Waals surface area contributed by atoms with Crippen LogP contribution in [0.2, 0.25) is 0 Å². The Labute approximate surface area is 123 Å². The van der Waals surface area contributed by atoms with Gasteiger partial charge < -0.3 is 10.0 Å². The van der Waals surface area contributed by atoms with Crippen molar-refractivity contribution in [2.75, 3.05) is 11.5 Å². The zero-order valence-electron chi connectivity index (χ0n) is 12.0. The van der Waals surface area contributed by atoms with Gasteiger partial charge in [-0.25, -0.2) is 8.78 Å². The summed E-state index contributed by atoms with van der Waals surface area (Å²) in [7, 11) is 0. The van der Waals surface area contributed by atoms with E-state index < -0.39 is 11.6 Å². The molecule has 0 aliphatic heterocycles. The molecule has 0 radical (unpaired) electrons. The first-order valence-electron chi connectivity index (χ1n) is 7.02. The second-order valence-electron chi connectivity index (χ2n) is 4.92. The van der Waals surface area contributed by atoms with E-state index in [0.29, 0.717) is 6.42 Å². The first-order valence-corrected chi connectivity index (χ1v) is 7.02. The van der Waals surface area contributed by atoms with Crippen LogP contribution >= 0.6 is 0 Å². The first-order chi connectivity index (χ1) is 10.2. The molecule has 0 spiro atoms. The highest BCUT2D eigenvalue weighted by Gasteiger charge is 2.19. The highest BCUT2D eigenvalue weighted by atomic mass is 19.2. The van der Waals surface area contributed by atoms with Gasteiger partial charge in [-0.3, -0.25) is 0 Å². The predicted octanol–water partition coefficient (Wildman–Crippen LogP) is 3.74. The standard InChI is InChI=1S/C17H19F2NO/c1-2-14(12-21)20(15-8-4-3-5-9-15)11-13-7-6-10-16(18)17(13)19/h3-10,14,21H,2,11-12H2,1H3. The topological polar surface area (TPSA) is 23.5 Å². The number of hydrogen-bond donors (Lipinski definition) is 1. The fourth-order valence-electron chi connectivity index (χ4n) is 2.35. The zero-order valence-corrected chi connectivity index (χ0v) is 12.0. The van der Waals surface area contributed by atoms with Gasteiger partial charge in [0.05, 0.1) is 12.6 Å². The summed E-state index contributed by atoms with van der Waals surface area (Å²) in [6.45, 7) is 2.13. The van der Waals surface area contributed by atoms with Gasteiger partial charge in [-0.2, -0.15) is 0 Å². The average Bonchev–Trinajstić information content (AvgIpc) is 2.52. The minimum Gasteiger partial charge on any atom is -0.394 e. The van der Waals surface area contributed by atoms with Crippen molar-refractivity contribution >= 4 is 5.69 Å². The maximum atomic E-state index is 13.9. The molecule has 0 aliphatic rings. The molecule has 2 rings (SSSR count). The molecule has 1 atom stereocenters. The number of rotatable bonds is 6. The summed E-state index contributed by atoms with van der Waals surface area (Å²) >= 11 is 0. The quantitative estimate of drug-likeness (QED) is 0.876. The minimum absolute atomic E-state index is 0.0394. The fourth-order valence-corrected chi connectivity index (χ4v) is 2.35. The van der Waals surface area contributed by atoms with Crippen molar-refractivity contribution in [1.82, 2.24) is 0 Å². The molecule has 1 N–H and O–H groups in total. The molecule has 4 heteroatoms. The molecule has 0 fully saturated rings. The van der Waals surface area contributed by atoms with Crippen LogP contribution in [0.3, 0.4) is 0 Å².